The fourth-order valence-corrected chi connectivity index (χ4v) is 4.07. The molecule has 1 amide bonds. The van der Waals surface area contributed by atoms with E-state index in [1.807, 2.05) is 11.0 Å². The first-order valence-electron chi connectivity index (χ1n) is 7.21. The van der Waals surface area contributed by atoms with Crippen LogP contribution in [0.1, 0.15) is 40.4 Å². The highest BCUT2D eigenvalue weighted by molar-refractivity contribution is 7.14. The van der Waals surface area contributed by atoms with Gasteiger partial charge < -0.3 is 15.4 Å². The molecule has 0 saturated carbocycles. The van der Waals surface area contributed by atoms with Gasteiger partial charge in [-0.2, -0.15) is 0 Å². The van der Waals surface area contributed by atoms with Crippen LogP contribution >= 0.6 is 23.7 Å². The van der Waals surface area contributed by atoms with Crippen molar-refractivity contribution in [3.8, 4) is 0 Å². The van der Waals surface area contributed by atoms with E-state index < -0.39 is 0 Å². The summed E-state index contributed by atoms with van der Waals surface area (Å²) in [6.07, 6.45) is 1.82. The van der Waals surface area contributed by atoms with Crippen molar-refractivity contribution in [3.63, 3.8) is 0 Å². The Morgan fingerprint density at radius 3 is 2.95 bits per heavy atom. The highest BCUT2D eigenvalue weighted by Crippen LogP contribution is 2.32. The van der Waals surface area contributed by atoms with Gasteiger partial charge in [0.15, 0.2) is 0 Å². The SMILES string of the molecule is CC1(C)CN(C(=O)c2cc3c(s2)CCOC3)CCC1N.Cl. The fraction of sp³-hybridized carbons (Fsp3) is 0.667. The third-order valence-electron chi connectivity index (χ3n) is 4.44. The zero-order valence-electron chi connectivity index (χ0n) is 12.6. The van der Waals surface area contributed by atoms with Crippen LogP contribution in [0.3, 0.4) is 0 Å². The average molecular weight is 331 g/mol. The monoisotopic (exact) mass is 330 g/mol. The van der Waals surface area contributed by atoms with Crippen LogP contribution in [-0.4, -0.2) is 36.5 Å². The summed E-state index contributed by atoms with van der Waals surface area (Å²) in [6.45, 7) is 7.21. The van der Waals surface area contributed by atoms with E-state index >= 15 is 0 Å². The summed E-state index contributed by atoms with van der Waals surface area (Å²) in [7, 11) is 0. The molecule has 1 atom stereocenters. The Morgan fingerprint density at radius 2 is 2.29 bits per heavy atom. The topological polar surface area (TPSA) is 55.6 Å². The molecule has 1 fully saturated rings. The Balaban J connectivity index is 0.00000161. The second kappa shape index (κ2) is 6.24. The van der Waals surface area contributed by atoms with Gasteiger partial charge in [0.2, 0.25) is 0 Å². The number of nitrogens with two attached hydrogens (primary N) is 1. The van der Waals surface area contributed by atoms with E-state index in [0.717, 1.165) is 37.4 Å². The molecular formula is C15H23ClN2O2S. The summed E-state index contributed by atoms with van der Waals surface area (Å²) >= 11 is 1.64. The van der Waals surface area contributed by atoms with Gasteiger partial charge in [-0.25, -0.2) is 0 Å². The largest absolute Gasteiger partial charge is 0.376 e. The van der Waals surface area contributed by atoms with E-state index in [1.165, 1.54) is 10.4 Å². The Kier molecular flexibility index (Phi) is 4.98. The molecule has 1 saturated heterocycles. The summed E-state index contributed by atoms with van der Waals surface area (Å²) in [4.78, 5) is 16.8. The molecule has 1 aromatic heterocycles. The maximum absolute atomic E-state index is 12.7. The fourth-order valence-electron chi connectivity index (χ4n) is 2.96. The van der Waals surface area contributed by atoms with E-state index in [2.05, 4.69) is 13.8 Å². The number of halogens is 1. The maximum Gasteiger partial charge on any atom is 0.263 e. The molecule has 0 aromatic carbocycles. The summed E-state index contributed by atoms with van der Waals surface area (Å²) in [5.74, 6) is 0.157. The number of carbonyl (C=O) groups is 1. The van der Waals surface area contributed by atoms with Crippen LogP contribution in [-0.2, 0) is 17.8 Å². The number of likely N-dealkylation sites (tertiary alicyclic amines) is 1. The van der Waals surface area contributed by atoms with Gasteiger partial charge in [-0.15, -0.1) is 23.7 Å². The lowest BCUT2D eigenvalue weighted by Gasteiger charge is -2.42. The third-order valence-corrected chi connectivity index (χ3v) is 5.66. The smallest absolute Gasteiger partial charge is 0.263 e. The number of hydrogen-bond donors (Lipinski definition) is 1. The predicted molar refractivity (Wildman–Crippen MR) is 87.2 cm³/mol. The van der Waals surface area contributed by atoms with Crippen molar-refractivity contribution in [2.24, 2.45) is 11.1 Å². The molecule has 2 aliphatic rings. The molecule has 0 radical (unpaired) electrons. The minimum atomic E-state index is -0.00605. The molecule has 3 rings (SSSR count). The summed E-state index contributed by atoms with van der Waals surface area (Å²) in [5, 5.41) is 0. The Bertz CT molecular complexity index is 506. The van der Waals surface area contributed by atoms with Crippen molar-refractivity contribution in [3.05, 3.63) is 21.4 Å². The molecule has 118 valence electrons. The van der Waals surface area contributed by atoms with E-state index in [9.17, 15) is 4.79 Å². The van der Waals surface area contributed by atoms with Gasteiger partial charge in [0, 0.05) is 30.4 Å². The van der Waals surface area contributed by atoms with Gasteiger partial charge in [0.05, 0.1) is 18.1 Å². The average Bonchev–Trinajstić information content (AvgIpc) is 2.84. The van der Waals surface area contributed by atoms with Gasteiger partial charge in [0.1, 0.15) is 0 Å². The number of thiophene rings is 1. The molecule has 4 nitrogen and oxygen atoms in total. The lowest BCUT2D eigenvalue weighted by Crippen LogP contribution is -2.53. The highest BCUT2D eigenvalue weighted by atomic mass is 35.5. The van der Waals surface area contributed by atoms with Crippen molar-refractivity contribution < 1.29 is 9.53 Å². The van der Waals surface area contributed by atoms with E-state index in [4.69, 9.17) is 10.5 Å². The van der Waals surface area contributed by atoms with Crippen LogP contribution in [0.4, 0.5) is 0 Å². The first kappa shape index (κ1) is 16.7. The van der Waals surface area contributed by atoms with Crippen molar-refractivity contribution in [1.82, 2.24) is 4.90 Å². The van der Waals surface area contributed by atoms with Crippen molar-refractivity contribution in [2.75, 3.05) is 19.7 Å². The van der Waals surface area contributed by atoms with Crippen LogP contribution in [0, 0.1) is 5.41 Å². The minimum Gasteiger partial charge on any atom is -0.376 e. The summed E-state index contributed by atoms with van der Waals surface area (Å²) in [6, 6.07) is 2.19. The number of ether oxygens (including phenoxy) is 1. The second-order valence-corrected chi connectivity index (χ2v) is 7.61. The van der Waals surface area contributed by atoms with Crippen molar-refractivity contribution in [1.29, 1.82) is 0 Å². The van der Waals surface area contributed by atoms with E-state index in [-0.39, 0.29) is 29.8 Å². The van der Waals surface area contributed by atoms with Crippen molar-refractivity contribution >= 4 is 29.7 Å². The van der Waals surface area contributed by atoms with E-state index in [0.29, 0.717) is 6.61 Å². The first-order valence-corrected chi connectivity index (χ1v) is 8.03. The zero-order chi connectivity index (χ0) is 14.3. The van der Waals surface area contributed by atoms with Gasteiger partial charge in [-0.3, -0.25) is 4.79 Å². The molecule has 6 heteroatoms. The Morgan fingerprint density at radius 1 is 1.52 bits per heavy atom. The molecule has 0 aliphatic carbocycles. The molecule has 0 spiro atoms. The van der Waals surface area contributed by atoms with Crippen LogP contribution in [0.15, 0.2) is 6.07 Å². The predicted octanol–water partition coefficient (Wildman–Crippen LogP) is 2.44. The van der Waals surface area contributed by atoms with Crippen molar-refractivity contribution in [2.45, 2.75) is 39.3 Å². The molecule has 3 heterocycles. The number of hydrogen-bond acceptors (Lipinski definition) is 4. The van der Waals surface area contributed by atoms with Gasteiger partial charge in [0.25, 0.3) is 5.91 Å². The molecule has 21 heavy (non-hydrogen) atoms. The normalized spacial score (nSPS) is 24.1. The Labute approximate surface area is 136 Å². The maximum atomic E-state index is 12.7. The number of rotatable bonds is 1. The molecule has 2 N–H and O–H groups in total. The number of piperidine rings is 1. The number of fused-ring (bicyclic) bond motifs is 1. The Hall–Kier alpha value is -0.620. The first-order chi connectivity index (χ1) is 9.47. The second-order valence-electron chi connectivity index (χ2n) is 6.47. The molecule has 1 unspecified atom stereocenters. The zero-order valence-corrected chi connectivity index (χ0v) is 14.2. The minimum absolute atomic E-state index is 0. The van der Waals surface area contributed by atoms with Crippen LogP contribution < -0.4 is 5.73 Å². The summed E-state index contributed by atoms with van der Waals surface area (Å²) in [5.41, 5.74) is 7.33. The van der Waals surface area contributed by atoms with Crippen LogP contribution in [0.25, 0.3) is 0 Å². The molecule has 0 bridgehead atoms. The number of amides is 1. The van der Waals surface area contributed by atoms with Crippen LogP contribution in [0.5, 0.6) is 0 Å². The lowest BCUT2D eigenvalue weighted by molar-refractivity contribution is 0.0537. The molecule has 1 aromatic rings. The number of nitrogens with zero attached hydrogens (tertiary/aromatic N) is 1. The van der Waals surface area contributed by atoms with Crippen LogP contribution in [0.2, 0.25) is 0 Å². The highest BCUT2D eigenvalue weighted by Gasteiger charge is 2.36. The molecular weight excluding hydrogens is 308 g/mol. The van der Waals surface area contributed by atoms with E-state index in [1.54, 1.807) is 11.3 Å². The van der Waals surface area contributed by atoms with Gasteiger partial charge >= 0.3 is 0 Å². The quantitative estimate of drug-likeness (QED) is 0.860. The number of carbonyl (C=O) groups excluding carboxylic acids is 1. The molecule has 2 aliphatic heterocycles. The standard InChI is InChI=1S/C15H22N2O2S.ClH/c1-15(2)9-17(5-3-13(15)16)14(18)12-7-10-8-19-6-4-11(10)20-12;/h7,13H,3-6,8-9,16H2,1-2H3;1H. The van der Waals surface area contributed by atoms with Gasteiger partial charge in [-0.05, 0) is 23.5 Å². The summed E-state index contributed by atoms with van der Waals surface area (Å²) < 4.78 is 5.45. The lowest BCUT2D eigenvalue weighted by atomic mass is 9.79. The third kappa shape index (κ3) is 3.26. The van der Waals surface area contributed by atoms with Gasteiger partial charge in [-0.1, -0.05) is 13.8 Å².